The predicted octanol–water partition coefficient (Wildman–Crippen LogP) is 3.50. The van der Waals surface area contributed by atoms with Gasteiger partial charge in [-0.25, -0.2) is 4.39 Å². The fourth-order valence-electron chi connectivity index (χ4n) is 1.60. The molecule has 1 aromatic carbocycles. The van der Waals surface area contributed by atoms with Crippen molar-refractivity contribution in [2.75, 3.05) is 0 Å². The van der Waals surface area contributed by atoms with Gasteiger partial charge in [0.25, 0.3) is 5.56 Å². The molecule has 0 N–H and O–H groups in total. The van der Waals surface area contributed by atoms with Crippen molar-refractivity contribution in [1.82, 2.24) is 4.57 Å². The van der Waals surface area contributed by atoms with Gasteiger partial charge in [-0.05, 0) is 24.3 Å². The summed E-state index contributed by atoms with van der Waals surface area (Å²) in [6.45, 7) is 0. The molecule has 0 aliphatic heterocycles. The van der Waals surface area contributed by atoms with Gasteiger partial charge in [0.1, 0.15) is 10.8 Å². The van der Waals surface area contributed by atoms with E-state index in [9.17, 15) is 9.18 Å². The highest BCUT2D eigenvalue weighted by atomic mass is 35.5. The first-order valence-electron chi connectivity index (χ1n) is 4.82. The van der Waals surface area contributed by atoms with Crippen molar-refractivity contribution < 1.29 is 4.39 Å². The summed E-state index contributed by atoms with van der Waals surface area (Å²) in [4.78, 5) is 11.7. The van der Waals surface area contributed by atoms with Crippen LogP contribution in [-0.2, 0) is 7.05 Å². The van der Waals surface area contributed by atoms with E-state index in [-0.39, 0.29) is 21.2 Å². The Balaban J connectivity index is 2.79. The third-order valence-electron chi connectivity index (χ3n) is 2.48. The average molecular weight is 272 g/mol. The number of halogens is 3. The van der Waals surface area contributed by atoms with Crippen LogP contribution in [0.1, 0.15) is 0 Å². The van der Waals surface area contributed by atoms with Gasteiger partial charge in [-0.3, -0.25) is 4.79 Å². The van der Waals surface area contributed by atoms with Gasteiger partial charge in [0.05, 0.1) is 16.3 Å². The number of pyridine rings is 1. The SMILES string of the molecule is Cn1c(-c2c(F)cccc2Cl)ccc(Cl)c1=O. The number of rotatable bonds is 1. The van der Waals surface area contributed by atoms with E-state index in [1.54, 1.807) is 12.1 Å². The number of hydrogen-bond donors (Lipinski definition) is 0. The normalized spacial score (nSPS) is 10.6. The summed E-state index contributed by atoms with van der Waals surface area (Å²) in [5.41, 5.74) is 0.205. The predicted molar refractivity (Wildman–Crippen MR) is 67.1 cm³/mol. The van der Waals surface area contributed by atoms with Crippen molar-refractivity contribution in [3.05, 3.63) is 56.5 Å². The summed E-state index contributed by atoms with van der Waals surface area (Å²) in [5, 5.41) is 0.339. The fraction of sp³-hybridized carbons (Fsp3) is 0.0833. The van der Waals surface area contributed by atoms with Crippen LogP contribution in [0, 0.1) is 5.82 Å². The van der Waals surface area contributed by atoms with E-state index < -0.39 is 5.82 Å². The van der Waals surface area contributed by atoms with E-state index in [1.807, 2.05) is 0 Å². The summed E-state index contributed by atoms with van der Waals surface area (Å²) in [6.07, 6.45) is 0. The Kier molecular flexibility index (Phi) is 3.22. The molecule has 0 saturated heterocycles. The Labute approximate surface area is 107 Å². The first kappa shape index (κ1) is 12.1. The first-order chi connectivity index (χ1) is 8.02. The molecule has 0 spiro atoms. The van der Waals surface area contributed by atoms with Crippen molar-refractivity contribution >= 4 is 23.2 Å². The zero-order chi connectivity index (χ0) is 12.6. The lowest BCUT2D eigenvalue weighted by Gasteiger charge is -2.10. The van der Waals surface area contributed by atoms with E-state index in [0.717, 1.165) is 0 Å². The van der Waals surface area contributed by atoms with Crippen LogP contribution < -0.4 is 5.56 Å². The number of aromatic nitrogens is 1. The molecule has 0 bridgehead atoms. The number of benzene rings is 1. The lowest BCUT2D eigenvalue weighted by atomic mass is 10.1. The zero-order valence-electron chi connectivity index (χ0n) is 8.88. The summed E-state index contributed by atoms with van der Waals surface area (Å²) in [6, 6.07) is 7.37. The second-order valence-corrected chi connectivity index (χ2v) is 4.34. The highest BCUT2D eigenvalue weighted by Crippen LogP contribution is 2.29. The van der Waals surface area contributed by atoms with Gasteiger partial charge in [-0.15, -0.1) is 0 Å². The second-order valence-electron chi connectivity index (χ2n) is 3.53. The molecule has 2 rings (SSSR count). The Morgan fingerprint density at radius 1 is 1.12 bits per heavy atom. The molecular formula is C12H8Cl2FNO. The van der Waals surface area contributed by atoms with Crippen LogP contribution in [0.5, 0.6) is 0 Å². The summed E-state index contributed by atoms with van der Waals surface area (Å²) < 4.78 is 15.0. The number of nitrogens with zero attached hydrogens (tertiary/aromatic N) is 1. The van der Waals surface area contributed by atoms with Crippen LogP contribution in [0.2, 0.25) is 10.0 Å². The molecule has 0 amide bonds. The van der Waals surface area contributed by atoms with Gasteiger partial charge in [0.15, 0.2) is 0 Å². The largest absolute Gasteiger partial charge is 0.310 e. The Morgan fingerprint density at radius 3 is 2.47 bits per heavy atom. The standard InChI is InChI=1S/C12H8Cl2FNO/c1-16-10(6-5-8(14)12(16)17)11-7(13)3-2-4-9(11)15/h2-6H,1H3. The summed E-state index contributed by atoms with van der Waals surface area (Å²) >= 11 is 11.6. The molecule has 0 fully saturated rings. The van der Waals surface area contributed by atoms with E-state index in [0.29, 0.717) is 5.69 Å². The van der Waals surface area contributed by atoms with E-state index in [2.05, 4.69) is 0 Å². The molecule has 0 saturated carbocycles. The first-order valence-corrected chi connectivity index (χ1v) is 5.58. The Hall–Kier alpha value is -1.32. The smallest absolute Gasteiger partial charge is 0.269 e. The molecule has 0 radical (unpaired) electrons. The minimum Gasteiger partial charge on any atom is -0.310 e. The second kappa shape index (κ2) is 4.51. The maximum atomic E-state index is 13.7. The van der Waals surface area contributed by atoms with E-state index >= 15 is 0 Å². The molecular weight excluding hydrogens is 264 g/mol. The van der Waals surface area contributed by atoms with Gasteiger partial charge < -0.3 is 4.57 Å². The highest BCUT2D eigenvalue weighted by Gasteiger charge is 2.13. The van der Waals surface area contributed by atoms with Gasteiger partial charge in [-0.1, -0.05) is 29.3 Å². The van der Waals surface area contributed by atoms with Crippen molar-refractivity contribution in [2.24, 2.45) is 7.05 Å². The third kappa shape index (κ3) is 2.08. The molecule has 88 valence electrons. The maximum Gasteiger partial charge on any atom is 0.269 e. The van der Waals surface area contributed by atoms with Crippen LogP contribution in [0.3, 0.4) is 0 Å². The number of hydrogen-bond acceptors (Lipinski definition) is 1. The topological polar surface area (TPSA) is 22.0 Å². The van der Waals surface area contributed by atoms with Gasteiger partial charge in [-0.2, -0.15) is 0 Å². The lowest BCUT2D eigenvalue weighted by Crippen LogP contribution is -2.18. The third-order valence-corrected chi connectivity index (χ3v) is 3.08. The molecule has 0 aliphatic carbocycles. The highest BCUT2D eigenvalue weighted by molar-refractivity contribution is 6.33. The van der Waals surface area contributed by atoms with Gasteiger partial charge in [0.2, 0.25) is 0 Å². The maximum absolute atomic E-state index is 13.7. The van der Waals surface area contributed by atoms with Crippen molar-refractivity contribution in [3.63, 3.8) is 0 Å². The van der Waals surface area contributed by atoms with Gasteiger partial charge >= 0.3 is 0 Å². The van der Waals surface area contributed by atoms with Crippen LogP contribution >= 0.6 is 23.2 Å². The quantitative estimate of drug-likeness (QED) is 0.778. The van der Waals surface area contributed by atoms with E-state index in [1.165, 1.54) is 29.8 Å². The fourth-order valence-corrected chi connectivity index (χ4v) is 2.05. The van der Waals surface area contributed by atoms with Crippen LogP contribution in [0.15, 0.2) is 35.1 Å². The molecule has 0 unspecified atom stereocenters. The molecule has 1 aromatic heterocycles. The minimum absolute atomic E-state index is 0.0868. The van der Waals surface area contributed by atoms with Crippen molar-refractivity contribution in [2.45, 2.75) is 0 Å². The molecule has 2 nitrogen and oxygen atoms in total. The van der Waals surface area contributed by atoms with Crippen LogP contribution in [0.4, 0.5) is 4.39 Å². The molecule has 2 aromatic rings. The minimum atomic E-state index is -0.477. The van der Waals surface area contributed by atoms with Crippen LogP contribution in [0.25, 0.3) is 11.3 Å². The average Bonchev–Trinajstić information content (AvgIpc) is 2.29. The molecule has 0 atom stereocenters. The molecule has 5 heteroatoms. The molecule has 1 heterocycles. The van der Waals surface area contributed by atoms with E-state index in [4.69, 9.17) is 23.2 Å². The van der Waals surface area contributed by atoms with Crippen LogP contribution in [-0.4, -0.2) is 4.57 Å². The van der Waals surface area contributed by atoms with Crippen molar-refractivity contribution in [3.8, 4) is 11.3 Å². The summed E-state index contributed by atoms with van der Waals surface area (Å²) in [7, 11) is 1.52. The lowest BCUT2D eigenvalue weighted by molar-refractivity contribution is 0.629. The summed E-state index contributed by atoms with van der Waals surface area (Å²) in [5.74, 6) is -0.477. The Bertz CT molecular complexity index is 617. The monoisotopic (exact) mass is 271 g/mol. The molecule has 0 aliphatic rings. The van der Waals surface area contributed by atoms with Gasteiger partial charge in [0, 0.05) is 7.05 Å². The Morgan fingerprint density at radius 2 is 1.82 bits per heavy atom. The zero-order valence-corrected chi connectivity index (χ0v) is 10.4. The molecule has 17 heavy (non-hydrogen) atoms. The van der Waals surface area contributed by atoms with Crippen molar-refractivity contribution in [1.29, 1.82) is 0 Å².